The Morgan fingerprint density at radius 1 is 1.28 bits per heavy atom. The van der Waals surface area contributed by atoms with E-state index >= 15 is 0 Å². The standard InChI is InChI=1S/C11H13F5N2/c1-18(6-11(14,15)16)5-10(17)8-4-7(12)2-3-9(8)13/h2-4,10H,5-6,17H2,1H3. The Labute approximate surface area is 101 Å². The molecule has 0 bridgehead atoms. The highest BCUT2D eigenvalue weighted by Crippen LogP contribution is 2.20. The molecule has 0 saturated carbocycles. The van der Waals surface area contributed by atoms with E-state index in [0.29, 0.717) is 0 Å². The van der Waals surface area contributed by atoms with Crippen LogP contribution in [0.15, 0.2) is 18.2 Å². The molecule has 1 aromatic carbocycles. The summed E-state index contributed by atoms with van der Waals surface area (Å²) in [6, 6.07) is 1.69. The van der Waals surface area contributed by atoms with E-state index in [4.69, 9.17) is 5.73 Å². The third kappa shape index (κ3) is 4.58. The van der Waals surface area contributed by atoms with Gasteiger partial charge in [0, 0.05) is 18.2 Å². The SMILES string of the molecule is CN(CC(N)c1cc(F)ccc1F)CC(F)(F)F. The highest BCUT2D eigenvalue weighted by atomic mass is 19.4. The van der Waals surface area contributed by atoms with Crippen LogP contribution in [-0.4, -0.2) is 31.2 Å². The topological polar surface area (TPSA) is 29.3 Å². The van der Waals surface area contributed by atoms with Crippen molar-refractivity contribution in [2.75, 3.05) is 20.1 Å². The van der Waals surface area contributed by atoms with Gasteiger partial charge in [-0.1, -0.05) is 0 Å². The summed E-state index contributed by atoms with van der Waals surface area (Å²) in [6.07, 6.45) is -4.35. The lowest BCUT2D eigenvalue weighted by Crippen LogP contribution is -2.36. The first-order valence-electron chi connectivity index (χ1n) is 5.15. The maximum absolute atomic E-state index is 13.3. The van der Waals surface area contributed by atoms with Crippen molar-refractivity contribution >= 4 is 0 Å². The molecule has 0 aliphatic heterocycles. The van der Waals surface area contributed by atoms with Crippen LogP contribution in [0, 0.1) is 11.6 Å². The lowest BCUT2D eigenvalue weighted by atomic mass is 10.1. The number of benzene rings is 1. The van der Waals surface area contributed by atoms with Crippen LogP contribution in [0.2, 0.25) is 0 Å². The molecule has 0 aliphatic rings. The highest BCUT2D eigenvalue weighted by molar-refractivity contribution is 5.22. The first-order chi connectivity index (χ1) is 8.19. The molecule has 0 aliphatic carbocycles. The van der Waals surface area contributed by atoms with E-state index in [1.807, 2.05) is 0 Å². The zero-order valence-electron chi connectivity index (χ0n) is 9.64. The Hall–Kier alpha value is -1.21. The van der Waals surface area contributed by atoms with Crippen molar-refractivity contribution in [1.29, 1.82) is 0 Å². The van der Waals surface area contributed by atoms with Gasteiger partial charge in [0.1, 0.15) is 11.6 Å². The summed E-state index contributed by atoms with van der Waals surface area (Å²) in [5, 5.41) is 0. The minimum atomic E-state index is -4.35. The minimum Gasteiger partial charge on any atom is -0.323 e. The molecule has 1 aromatic rings. The fraction of sp³-hybridized carbons (Fsp3) is 0.455. The van der Waals surface area contributed by atoms with Crippen molar-refractivity contribution in [2.45, 2.75) is 12.2 Å². The lowest BCUT2D eigenvalue weighted by molar-refractivity contribution is -0.143. The molecule has 0 saturated heterocycles. The van der Waals surface area contributed by atoms with Crippen molar-refractivity contribution in [1.82, 2.24) is 4.90 Å². The molecular formula is C11H13F5N2. The average Bonchev–Trinajstić information content (AvgIpc) is 2.18. The van der Waals surface area contributed by atoms with Crippen molar-refractivity contribution in [3.63, 3.8) is 0 Å². The van der Waals surface area contributed by atoms with Crippen LogP contribution in [-0.2, 0) is 0 Å². The molecule has 102 valence electrons. The zero-order valence-corrected chi connectivity index (χ0v) is 9.64. The summed E-state index contributed by atoms with van der Waals surface area (Å²) in [5.74, 6) is -1.41. The normalized spacial score (nSPS) is 14.0. The smallest absolute Gasteiger partial charge is 0.323 e. The molecule has 1 unspecified atom stereocenters. The van der Waals surface area contributed by atoms with Crippen LogP contribution in [0.25, 0.3) is 0 Å². The monoisotopic (exact) mass is 268 g/mol. The van der Waals surface area contributed by atoms with Crippen LogP contribution in [0.3, 0.4) is 0 Å². The van der Waals surface area contributed by atoms with Gasteiger partial charge in [-0.15, -0.1) is 0 Å². The highest BCUT2D eigenvalue weighted by Gasteiger charge is 2.30. The van der Waals surface area contributed by atoms with Gasteiger partial charge >= 0.3 is 6.18 Å². The fourth-order valence-electron chi connectivity index (χ4n) is 1.60. The van der Waals surface area contributed by atoms with Crippen LogP contribution in [0.5, 0.6) is 0 Å². The summed E-state index contributed by atoms with van der Waals surface area (Å²) >= 11 is 0. The van der Waals surface area contributed by atoms with Crippen molar-refractivity contribution in [3.8, 4) is 0 Å². The van der Waals surface area contributed by atoms with Crippen LogP contribution >= 0.6 is 0 Å². The molecule has 0 radical (unpaired) electrons. The number of nitrogens with two attached hydrogens (primary N) is 1. The van der Waals surface area contributed by atoms with Gasteiger partial charge in [0.15, 0.2) is 0 Å². The molecule has 1 rings (SSSR count). The van der Waals surface area contributed by atoms with E-state index in [-0.39, 0.29) is 12.1 Å². The minimum absolute atomic E-state index is 0.135. The zero-order chi connectivity index (χ0) is 13.9. The maximum atomic E-state index is 13.3. The number of rotatable bonds is 4. The molecule has 2 N–H and O–H groups in total. The van der Waals surface area contributed by atoms with Gasteiger partial charge in [0.25, 0.3) is 0 Å². The van der Waals surface area contributed by atoms with Gasteiger partial charge in [0.2, 0.25) is 0 Å². The summed E-state index contributed by atoms with van der Waals surface area (Å²) in [7, 11) is 1.21. The number of hydrogen-bond donors (Lipinski definition) is 1. The fourth-order valence-corrected chi connectivity index (χ4v) is 1.60. The molecule has 0 amide bonds. The molecule has 2 nitrogen and oxygen atoms in total. The van der Waals surface area contributed by atoms with Crippen LogP contribution in [0.4, 0.5) is 22.0 Å². The van der Waals surface area contributed by atoms with E-state index < -0.39 is 30.4 Å². The maximum Gasteiger partial charge on any atom is 0.401 e. The van der Waals surface area contributed by atoms with Gasteiger partial charge in [-0.25, -0.2) is 8.78 Å². The summed E-state index contributed by atoms with van der Waals surface area (Å²) < 4.78 is 62.5. The Bertz CT molecular complexity index is 405. The Kier molecular flexibility index (Phi) is 4.64. The molecule has 18 heavy (non-hydrogen) atoms. The molecular weight excluding hydrogens is 255 g/mol. The predicted octanol–water partition coefficient (Wildman–Crippen LogP) is 2.46. The van der Waals surface area contributed by atoms with Crippen molar-refractivity contribution in [2.24, 2.45) is 5.73 Å². The second kappa shape index (κ2) is 5.62. The van der Waals surface area contributed by atoms with E-state index in [2.05, 4.69) is 0 Å². The van der Waals surface area contributed by atoms with Crippen molar-refractivity contribution < 1.29 is 22.0 Å². The second-order valence-corrected chi connectivity index (χ2v) is 4.08. The summed E-state index contributed by atoms with van der Waals surface area (Å²) in [4.78, 5) is 0.912. The quantitative estimate of drug-likeness (QED) is 0.850. The average molecular weight is 268 g/mol. The summed E-state index contributed by atoms with van der Waals surface area (Å²) in [6.45, 7) is -1.38. The Balaban J connectivity index is 2.70. The van der Waals surface area contributed by atoms with Gasteiger partial charge in [-0.05, 0) is 25.2 Å². The van der Waals surface area contributed by atoms with E-state index in [1.165, 1.54) is 7.05 Å². The lowest BCUT2D eigenvalue weighted by Gasteiger charge is -2.22. The molecule has 0 heterocycles. The number of nitrogens with zero attached hydrogens (tertiary/aromatic N) is 1. The molecule has 0 spiro atoms. The molecule has 0 aromatic heterocycles. The van der Waals surface area contributed by atoms with Gasteiger partial charge in [-0.3, -0.25) is 4.90 Å². The largest absolute Gasteiger partial charge is 0.401 e. The first-order valence-corrected chi connectivity index (χ1v) is 5.15. The second-order valence-electron chi connectivity index (χ2n) is 4.08. The Morgan fingerprint density at radius 2 is 1.89 bits per heavy atom. The Morgan fingerprint density at radius 3 is 2.44 bits per heavy atom. The van der Waals surface area contributed by atoms with Crippen LogP contribution in [0.1, 0.15) is 11.6 Å². The molecule has 1 atom stereocenters. The van der Waals surface area contributed by atoms with Crippen LogP contribution < -0.4 is 5.73 Å². The summed E-state index contributed by atoms with van der Waals surface area (Å²) in [5.41, 5.74) is 5.43. The van der Waals surface area contributed by atoms with E-state index in [1.54, 1.807) is 0 Å². The number of hydrogen-bond acceptors (Lipinski definition) is 2. The van der Waals surface area contributed by atoms with E-state index in [0.717, 1.165) is 23.1 Å². The molecule has 7 heteroatoms. The van der Waals surface area contributed by atoms with Crippen molar-refractivity contribution in [3.05, 3.63) is 35.4 Å². The third-order valence-electron chi connectivity index (χ3n) is 2.32. The van der Waals surface area contributed by atoms with E-state index in [9.17, 15) is 22.0 Å². The van der Waals surface area contributed by atoms with Gasteiger partial charge < -0.3 is 5.73 Å². The number of likely N-dealkylation sites (N-methyl/N-ethyl adjacent to an activating group) is 1. The predicted molar refractivity (Wildman–Crippen MR) is 56.8 cm³/mol. The first kappa shape index (κ1) is 14.8. The molecule has 0 fully saturated rings. The van der Waals surface area contributed by atoms with Gasteiger partial charge in [0.05, 0.1) is 6.54 Å². The van der Waals surface area contributed by atoms with Gasteiger partial charge in [-0.2, -0.15) is 13.2 Å². The number of halogens is 5. The third-order valence-corrected chi connectivity index (χ3v) is 2.32. The number of alkyl halides is 3.